The van der Waals surface area contributed by atoms with Crippen LogP contribution in [0.1, 0.15) is 56.9 Å². The highest BCUT2D eigenvalue weighted by Crippen LogP contribution is 2.28. The average Bonchev–Trinajstić information content (AvgIpc) is 3.27. The molecule has 9 heteroatoms. The molecule has 0 spiro atoms. The van der Waals surface area contributed by atoms with Crippen molar-refractivity contribution in [1.29, 1.82) is 0 Å². The molecule has 1 fully saturated rings. The summed E-state index contributed by atoms with van der Waals surface area (Å²) in [6.45, 7) is 9.84. The van der Waals surface area contributed by atoms with E-state index in [1.165, 1.54) is 0 Å². The van der Waals surface area contributed by atoms with Gasteiger partial charge in [-0.3, -0.25) is 4.57 Å². The van der Waals surface area contributed by atoms with E-state index in [0.717, 1.165) is 79.0 Å². The van der Waals surface area contributed by atoms with Crippen molar-refractivity contribution in [2.24, 2.45) is 5.92 Å². The normalized spacial score (nSPS) is 16.3. The topological polar surface area (TPSA) is 99.5 Å². The Kier molecular flexibility index (Phi) is 8.14. The molecule has 5 rings (SSSR count). The van der Waals surface area contributed by atoms with Gasteiger partial charge in [0.25, 0.3) is 0 Å². The fourth-order valence-corrected chi connectivity index (χ4v) is 5.13. The number of amides is 1. The fraction of sp³-hybridized carbons (Fsp3) is 0.552. The number of rotatable bonds is 8. The lowest BCUT2D eigenvalue weighted by Crippen LogP contribution is -2.33. The maximum atomic E-state index is 12.1. The Bertz CT molecular complexity index is 1260. The summed E-state index contributed by atoms with van der Waals surface area (Å²) in [7, 11) is 0. The fourth-order valence-electron chi connectivity index (χ4n) is 5.13. The number of hydrogen-bond acceptors (Lipinski definition) is 7. The maximum absolute atomic E-state index is 12.1. The van der Waals surface area contributed by atoms with Gasteiger partial charge >= 0.3 is 6.09 Å². The van der Waals surface area contributed by atoms with Gasteiger partial charge in [0.1, 0.15) is 11.4 Å². The Morgan fingerprint density at radius 1 is 1.11 bits per heavy atom. The first kappa shape index (κ1) is 26.4. The Labute approximate surface area is 224 Å². The highest BCUT2D eigenvalue weighted by Gasteiger charge is 2.22. The van der Waals surface area contributed by atoms with E-state index in [0.29, 0.717) is 38.0 Å². The molecule has 1 aromatic carbocycles. The lowest BCUT2D eigenvalue weighted by molar-refractivity contribution is 0.0528. The zero-order valence-corrected chi connectivity index (χ0v) is 22.7. The highest BCUT2D eigenvalue weighted by atomic mass is 16.6. The van der Waals surface area contributed by atoms with E-state index in [1.807, 2.05) is 32.9 Å². The Morgan fingerprint density at radius 2 is 1.92 bits per heavy atom. The van der Waals surface area contributed by atoms with Crippen LogP contribution in [0.2, 0.25) is 0 Å². The molecule has 1 saturated heterocycles. The maximum Gasteiger partial charge on any atom is 0.407 e. The monoisotopic (exact) mass is 521 g/mol. The highest BCUT2D eigenvalue weighted by molar-refractivity contribution is 5.85. The third-order valence-corrected chi connectivity index (χ3v) is 7.07. The summed E-state index contributed by atoms with van der Waals surface area (Å²) in [5.41, 5.74) is 3.74. The van der Waals surface area contributed by atoms with Crippen molar-refractivity contribution < 1.29 is 19.0 Å². The number of para-hydroxylation sites is 1. The van der Waals surface area contributed by atoms with Crippen LogP contribution in [0.3, 0.4) is 0 Å². The minimum Gasteiger partial charge on any atom is -0.444 e. The van der Waals surface area contributed by atoms with Crippen molar-refractivity contribution in [3.8, 4) is 5.95 Å². The van der Waals surface area contributed by atoms with Crippen LogP contribution >= 0.6 is 0 Å². The van der Waals surface area contributed by atoms with Gasteiger partial charge in [-0.1, -0.05) is 18.2 Å². The van der Waals surface area contributed by atoms with E-state index < -0.39 is 11.7 Å². The number of nitrogens with one attached hydrogen (secondary N) is 2. The number of carbonyl (C=O) groups is 1. The molecule has 2 aliphatic heterocycles. The van der Waals surface area contributed by atoms with Crippen LogP contribution in [-0.4, -0.2) is 59.1 Å². The first-order chi connectivity index (χ1) is 18.4. The predicted octanol–water partition coefficient (Wildman–Crippen LogP) is 4.79. The van der Waals surface area contributed by atoms with Crippen molar-refractivity contribution in [2.45, 2.75) is 65.1 Å². The zero-order chi connectivity index (χ0) is 26.5. The summed E-state index contributed by atoms with van der Waals surface area (Å²) in [5.74, 6) is 2.21. The van der Waals surface area contributed by atoms with Gasteiger partial charge in [-0.15, -0.1) is 0 Å². The van der Waals surface area contributed by atoms with Gasteiger partial charge in [-0.2, -0.15) is 4.98 Å². The molecular weight excluding hydrogens is 482 g/mol. The van der Waals surface area contributed by atoms with Crippen LogP contribution in [0.25, 0.3) is 16.9 Å². The largest absolute Gasteiger partial charge is 0.444 e. The summed E-state index contributed by atoms with van der Waals surface area (Å²) in [6, 6.07) is 8.25. The van der Waals surface area contributed by atoms with Gasteiger partial charge in [0.05, 0.1) is 24.4 Å². The quantitative estimate of drug-likeness (QED) is 0.440. The van der Waals surface area contributed by atoms with Gasteiger partial charge in [0.2, 0.25) is 5.95 Å². The van der Waals surface area contributed by atoms with Gasteiger partial charge < -0.3 is 24.8 Å². The van der Waals surface area contributed by atoms with Crippen molar-refractivity contribution in [2.75, 3.05) is 38.2 Å². The molecule has 0 aliphatic carbocycles. The number of ether oxygens (including phenoxy) is 3. The molecule has 0 bridgehead atoms. The minimum atomic E-state index is -0.522. The van der Waals surface area contributed by atoms with Gasteiger partial charge in [0, 0.05) is 49.9 Å². The van der Waals surface area contributed by atoms with Crippen LogP contribution < -0.4 is 10.6 Å². The standard InChI is InChI=1S/C29H39N5O4/c1-29(2,3)38-28(35)31-14-9-21-18-34(25-7-5-4-6-22(21)25)27-32-24-12-17-37-19-23(24)26(33-27)30-13-8-20-10-15-36-16-11-20/h4-7,18,20H,8-17,19H2,1-3H3,(H,31,35)(H,30,32,33). The molecule has 4 heterocycles. The van der Waals surface area contributed by atoms with Crippen molar-refractivity contribution in [1.82, 2.24) is 19.9 Å². The third kappa shape index (κ3) is 6.45. The zero-order valence-electron chi connectivity index (χ0n) is 22.7. The molecule has 0 atom stereocenters. The molecule has 2 aliphatic rings. The van der Waals surface area contributed by atoms with E-state index >= 15 is 0 Å². The molecule has 9 nitrogen and oxygen atoms in total. The van der Waals surface area contributed by atoms with Gasteiger partial charge in [-0.05, 0) is 64.0 Å². The van der Waals surface area contributed by atoms with E-state index in [4.69, 9.17) is 24.2 Å². The lowest BCUT2D eigenvalue weighted by Gasteiger charge is -2.23. The van der Waals surface area contributed by atoms with Crippen LogP contribution in [0.15, 0.2) is 30.5 Å². The van der Waals surface area contributed by atoms with E-state index in [2.05, 4.69) is 33.5 Å². The smallest absolute Gasteiger partial charge is 0.407 e. The number of anilines is 1. The summed E-state index contributed by atoms with van der Waals surface area (Å²) in [4.78, 5) is 22.1. The summed E-state index contributed by atoms with van der Waals surface area (Å²) in [5, 5.41) is 7.59. The lowest BCUT2D eigenvalue weighted by atomic mass is 9.97. The summed E-state index contributed by atoms with van der Waals surface area (Å²) in [6.07, 6.45) is 6.47. The number of nitrogens with zero attached hydrogens (tertiary/aromatic N) is 3. The van der Waals surface area contributed by atoms with Crippen LogP contribution in [0, 0.1) is 5.92 Å². The number of fused-ring (bicyclic) bond motifs is 2. The van der Waals surface area contributed by atoms with E-state index in [1.54, 1.807) is 0 Å². The van der Waals surface area contributed by atoms with Crippen LogP contribution in [-0.2, 0) is 33.7 Å². The number of benzene rings is 1. The van der Waals surface area contributed by atoms with Crippen LogP contribution in [0.4, 0.5) is 10.6 Å². The second kappa shape index (κ2) is 11.7. The Balaban J connectivity index is 1.37. The Morgan fingerprint density at radius 3 is 2.74 bits per heavy atom. The second-order valence-corrected chi connectivity index (χ2v) is 11.1. The molecule has 2 aromatic heterocycles. The summed E-state index contributed by atoms with van der Waals surface area (Å²) >= 11 is 0. The molecule has 204 valence electrons. The van der Waals surface area contributed by atoms with Gasteiger partial charge in [0.15, 0.2) is 0 Å². The molecule has 1 amide bonds. The molecule has 0 saturated carbocycles. The molecular formula is C29H39N5O4. The van der Waals surface area contributed by atoms with Crippen molar-refractivity contribution in [3.05, 3.63) is 47.3 Å². The first-order valence-corrected chi connectivity index (χ1v) is 13.7. The average molecular weight is 522 g/mol. The second-order valence-electron chi connectivity index (χ2n) is 11.1. The Hall–Kier alpha value is -3.17. The number of hydrogen-bond donors (Lipinski definition) is 2. The molecule has 38 heavy (non-hydrogen) atoms. The number of carbonyl (C=O) groups excluding carboxylic acids is 1. The van der Waals surface area contributed by atoms with Crippen LogP contribution in [0.5, 0.6) is 0 Å². The minimum absolute atomic E-state index is 0.405. The molecule has 0 unspecified atom stereocenters. The first-order valence-electron chi connectivity index (χ1n) is 13.7. The SMILES string of the molecule is CC(C)(C)OC(=O)NCCc1cn(-c2nc3c(c(NCCC4CCOCC4)n2)COCC3)c2ccccc12. The van der Waals surface area contributed by atoms with E-state index in [9.17, 15) is 4.79 Å². The van der Waals surface area contributed by atoms with E-state index in [-0.39, 0.29) is 0 Å². The van der Waals surface area contributed by atoms with Crippen molar-refractivity contribution in [3.63, 3.8) is 0 Å². The number of alkyl carbamates (subject to hydrolysis) is 1. The summed E-state index contributed by atoms with van der Waals surface area (Å²) < 4.78 is 18.7. The molecule has 0 radical (unpaired) electrons. The third-order valence-electron chi connectivity index (χ3n) is 7.07. The molecule has 3 aromatic rings. The van der Waals surface area contributed by atoms with Gasteiger partial charge in [-0.25, -0.2) is 9.78 Å². The van der Waals surface area contributed by atoms with Crippen molar-refractivity contribution >= 4 is 22.8 Å². The predicted molar refractivity (Wildman–Crippen MR) is 147 cm³/mol. The molecule has 2 N–H and O–H groups in total. The number of aromatic nitrogens is 3.